The van der Waals surface area contributed by atoms with Crippen LogP contribution in [0.1, 0.15) is 50.2 Å². The fourth-order valence-corrected chi connectivity index (χ4v) is 2.76. The van der Waals surface area contributed by atoms with Gasteiger partial charge in [0.1, 0.15) is 11.9 Å². The molecule has 1 saturated carbocycles. The lowest BCUT2D eigenvalue weighted by Gasteiger charge is -2.31. The summed E-state index contributed by atoms with van der Waals surface area (Å²) in [5.74, 6) is 1.56. The van der Waals surface area contributed by atoms with E-state index >= 15 is 0 Å². The molecule has 2 nitrogen and oxygen atoms in total. The molecule has 0 N–H and O–H groups in total. The number of nitrogens with zero attached hydrogens (tertiary/aromatic N) is 1. The van der Waals surface area contributed by atoms with E-state index in [4.69, 9.17) is 10.00 Å². The van der Waals surface area contributed by atoms with Gasteiger partial charge in [0.15, 0.2) is 0 Å². The summed E-state index contributed by atoms with van der Waals surface area (Å²) in [4.78, 5) is 0. The Morgan fingerprint density at radius 2 is 2.11 bits per heavy atom. The third-order valence-corrected chi connectivity index (χ3v) is 3.96. The quantitative estimate of drug-likeness (QED) is 0.796. The van der Waals surface area contributed by atoms with Gasteiger partial charge < -0.3 is 4.74 Å². The van der Waals surface area contributed by atoms with Crippen molar-refractivity contribution in [1.29, 1.82) is 5.26 Å². The summed E-state index contributed by atoms with van der Waals surface area (Å²) < 4.78 is 6.18. The highest BCUT2D eigenvalue weighted by Gasteiger charge is 2.25. The van der Waals surface area contributed by atoms with E-state index in [9.17, 15) is 0 Å². The van der Waals surface area contributed by atoms with Crippen LogP contribution in [0.3, 0.4) is 0 Å². The number of hydrogen-bond acceptors (Lipinski definition) is 2. The lowest BCUT2D eigenvalue weighted by molar-refractivity contribution is 0.0897. The number of hydrogen-bond donors (Lipinski definition) is 0. The minimum Gasteiger partial charge on any atom is -0.490 e. The van der Waals surface area contributed by atoms with Gasteiger partial charge in [0.25, 0.3) is 0 Å². The van der Waals surface area contributed by atoms with Gasteiger partial charge in [0.2, 0.25) is 0 Å². The smallest absolute Gasteiger partial charge is 0.123 e. The highest BCUT2D eigenvalue weighted by Crippen LogP contribution is 2.31. The summed E-state index contributed by atoms with van der Waals surface area (Å²) in [5, 5.41) is 8.95. The first-order valence-corrected chi connectivity index (χ1v) is 6.92. The Labute approximate surface area is 110 Å². The topological polar surface area (TPSA) is 33.0 Å². The van der Waals surface area contributed by atoms with Crippen LogP contribution < -0.4 is 4.74 Å². The maximum Gasteiger partial charge on any atom is 0.123 e. The van der Waals surface area contributed by atoms with E-state index in [1.54, 1.807) is 0 Å². The van der Waals surface area contributed by atoms with E-state index in [2.05, 4.69) is 13.0 Å². The molecule has 2 rings (SSSR count). The van der Waals surface area contributed by atoms with Gasteiger partial charge in [-0.2, -0.15) is 5.26 Å². The second-order valence-corrected chi connectivity index (χ2v) is 5.20. The number of ether oxygens (including phenoxy) is 1. The van der Waals surface area contributed by atoms with E-state index in [0.717, 1.165) is 17.7 Å². The Kier molecular flexibility index (Phi) is 4.25. The van der Waals surface area contributed by atoms with Crippen LogP contribution in [0.25, 0.3) is 0 Å². The zero-order valence-corrected chi connectivity index (χ0v) is 11.3. The highest BCUT2D eigenvalue weighted by molar-refractivity contribution is 5.41. The van der Waals surface area contributed by atoms with Crippen molar-refractivity contribution in [3.63, 3.8) is 0 Å². The molecule has 0 radical (unpaired) electrons. The number of benzene rings is 1. The molecule has 0 saturated heterocycles. The van der Waals surface area contributed by atoms with Crippen molar-refractivity contribution in [2.24, 2.45) is 5.92 Å². The Balaban J connectivity index is 2.14. The summed E-state index contributed by atoms with van der Waals surface area (Å²) in [6.07, 6.45) is 6.53. The van der Waals surface area contributed by atoms with Crippen LogP contribution >= 0.6 is 0 Å². The van der Waals surface area contributed by atoms with Gasteiger partial charge in [-0.05, 0) is 56.2 Å². The average Bonchev–Trinajstić information content (AvgIpc) is 2.42. The van der Waals surface area contributed by atoms with Gasteiger partial charge in [0, 0.05) is 0 Å². The van der Waals surface area contributed by atoms with Crippen LogP contribution in [0, 0.1) is 24.2 Å². The van der Waals surface area contributed by atoms with E-state index < -0.39 is 0 Å². The second kappa shape index (κ2) is 5.91. The fourth-order valence-electron chi connectivity index (χ4n) is 2.76. The molecule has 1 aromatic rings. The molecule has 1 aliphatic carbocycles. The Bertz CT molecular complexity index is 447. The number of rotatable bonds is 3. The lowest BCUT2D eigenvalue weighted by Crippen LogP contribution is -2.30. The first-order chi connectivity index (χ1) is 8.74. The molecule has 0 bridgehead atoms. The normalized spacial score (nSPS) is 23.4. The third kappa shape index (κ3) is 2.85. The maximum atomic E-state index is 8.95. The Morgan fingerprint density at radius 1 is 1.33 bits per heavy atom. The zero-order chi connectivity index (χ0) is 13.0. The summed E-state index contributed by atoms with van der Waals surface area (Å²) in [5.41, 5.74) is 1.80. The second-order valence-electron chi connectivity index (χ2n) is 5.20. The standard InChI is InChI=1S/C16H21NO/c1-3-14-6-4-5-7-15(14)18-16-10-13(11-17)9-8-12(16)2/h8-10,14-15H,3-7H2,1-2H3. The predicted octanol–water partition coefficient (Wildman–Crippen LogP) is 4.21. The molecule has 0 aliphatic heterocycles. The molecule has 0 amide bonds. The minimum atomic E-state index is 0.330. The molecule has 0 heterocycles. The zero-order valence-electron chi connectivity index (χ0n) is 11.3. The molecule has 1 aliphatic rings. The minimum absolute atomic E-state index is 0.330. The fraction of sp³-hybridized carbons (Fsp3) is 0.562. The molecule has 0 aromatic heterocycles. The molecule has 2 heteroatoms. The van der Waals surface area contributed by atoms with Gasteiger partial charge in [-0.1, -0.05) is 19.4 Å². The van der Waals surface area contributed by atoms with Crippen molar-refractivity contribution in [1.82, 2.24) is 0 Å². The van der Waals surface area contributed by atoms with Crippen LogP contribution in [0.15, 0.2) is 18.2 Å². The van der Waals surface area contributed by atoms with Crippen molar-refractivity contribution in [2.45, 2.75) is 52.1 Å². The van der Waals surface area contributed by atoms with E-state index in [-0.39, 0.29) is 0 Å². The number of nitriles is 1. The van der Waals surface area contributed by atoms with E-state index in [1.165, 1.54) is 25.7 Å². The Hall–Kier alpha value is -1.49. The third-order valence-electron chi connectivity index (χ3n) is 3.96. The first kappa shape index (κ1) is 13.0. The van der Waals surface area contributed by atoms with Gasteiger partial charge in [-0.15, -0.1) is 0 Å². The molecule has 2 atom stereocenters. The predicted molar refractivity (Wildman–Crippen MR) is 72.6 cm³/mol. The van der Waals surface area contributed by atoms with Crippen LogP contribution in [-0.4, -0.2) is 6.10 Å². The molecule has 1 fully saturated rings. The molecular weight excluding hydrogens is 222 g/mol. The van der Waals surface area contributed by atoms with Crippen molar-refractivity contribution < 1.29 is 4.74 Å². The van der Waals surface area contributed by atoms with Gasteiger partial charge in [-0.3, -0.25) is 0 Å². The van der Waals surface area contributed by atoms with Gasteiger partial charge in [-0.25, -0.2) is 0 Å². The molecular formula is C16H21NO. The van der Waals surface area contributed by atoms with Crippen LogP contribution in [0.5, 0.6) is 5.75 Å². The summed E-state index contributed by atoms with van der Waals surface area (Å²) in [7, 11) is 0. The molecule has 2 unspecified atom stereocenters. The largest absolute Gasteiger partial charge is 0.490 e. The van der Waals surface area contributed by atoms with Crippen molar-refractivity contribution in [3.8, 4) is 11.8 Å². The monoisotopic (exact) mass is 243 g/mol. The lowest BCUT2D eigenvalue weighted by atomic mass is 9.84. The van der Waals surface area contributed by atoms with Gasteiger partial charge >= 0.3 is 0 Å². The Morgan fingerprint density at radius 3 is 2.83 bits per heavy atom. The van der Waals surface area contributed by atoms with Crippen LogP contribution in [-0.2, 0) is 0 Å². The summed E-state index contributed by atoms with van der Waals surface area (Å²) in [6, 6.07) is 7.87. The van der Waals surface area contributed by atoms with Crippen LogP contribution in [0.4, 0.5) is 0 Å². The van der Waals surface area contributed by atoms with E-state index in [0.29, 0.717) is 17.6 Å². The number of aryl methyl sites for hydroxylation is 1. The first-order valence-electron chi connectivity index (χ1n) is 6.92. The van der Waals surface area contributed by atoms with Crippen LogP contribution in [0.2, 0.25) is 0 Å². The average molecular weight is 243 g/mol. The van der Waals surface area contributed by atoms with Crippen molar-refractivity contribution in [2.75, 3.05) is 0 Å². The SMILES string of the molecule is CCC1CCCCC1Oc1cc(C#N)ccc1C. The van der Waals surface area contributed by atoms with Gasteiger partial charge in [0.05, 0.1) is 11.6 Å². The molecule has 1 aromatic carbocycles. The summed E-state index contributed by atoms with van der Waals surface area (Å²) in [6.45, 7) is 4.28. The van der Waals surface area contributed by atoms with Crippen molar-refractivity contribution in [3.05, 3.63) is 29.3 Å². The van der Waals surface area contributed by atoms with E-state index in [1.807, 2.05) is 25.1 Å². The van der Waals surface area contributed by atoms with Crippen molar-refractivity contribution >= 4 is 0 Å². The molecule has 0 spiro atoms. The highest BCUT2D eigenvalue weighted by atomic mass is 16.5. The maximum absolute atomic E-state index is 8.95. The molecule has 96 valence electrons. The molecule has 18 heavy (non-hydrogen) atoms. The summed E-state index contributed by atoms with van der Waals surface area (Å²) >= 11 is 0.